The van der Waals surface area contributed by atoms with Crippen molar-refractivity contribution in [2.45, 2.75) is 245 Å². The summed E-state index contributed by atoms with van der Waals surface area (Å²) in [5.41, 5.74) is 6.61. The van der Waals surface area contributed by atoms with Gasteiger partial charge in [0.2, 0.25) is 0 Å². The largest absolute Gasteiger partial charge is 0.507 e. The monoisotopic (exact) mass is 769 g/mol. The van der Waals surface area contributed by atoms with Gasteiger partial charge in [-0.1, -0.05) is 239 Å². The molecule has 0 aliphatic carbocycles. The first-order chi connectivity index (χ1) is 26.6. The van der Waals surface area contributed by atoms with Crippen LogP contribution in [0, 0.1) is 5.92 Å². The van der Waals surface area contributed by atoms with Crippen LogP contribution >= 0.6 is 0 Å². The Morgan fingerprint density at radius 3 is 0.944 bits per heavy atom. The van der Waals surface area contributed by atoms with Crippen LogP contribution in [0.3, 0.4) is 0 Å². The number of hydrogen-bond donors (Lipinski definition) is 4. The van der Waals surface area contributed by atoms with E-state index in [0.717, 1.165) is 25.1 Å². The Labute approximate surface area is 339 Å². The number of aliphatic hydroxyl groups excluding tert-OH is 2. The SMILES string of the molecule is C=C=CO.CCCCCCCCCCCCCCCCN(CCCO)CCCCCCCC(CCCCCCCC)CCCCCCCC.CN.O=CO. The zero-order chi connectivity index (χ0) is 40.9. The molecule has 0 saturated heterocycles. The summed E-state index contributed by atoms with van der Waals surface area (Å²) in [5, 5.41) is 23.9. The number of hydrogen-bond acceptors (Lipinski definition) is 5. The maximum Gasteiger partial charge on any atom is 0.290 e. The van der Waals surface area contributed by atoms with Gasteiger partial charge in [-0.25, -0.2) is 0 Å². The molecule has 54 heavy (non-hydrogen) atoms. The second kappa shape index (κ2) is 60.9. The van der Waals surface area contributed by atoms with Crippen molar-refractivity contribution in [1.29, 1.82) is 0 Å². The maximum absolute atomic E-state index is 9.40. The number of nitrogens with zero attached hydrogens (tertiary/aromatic N) is 1. The highest BCUT2D eigenvalue weighted by Gasteiger charge is 2.09. The fourth-order valence-electron chi connectivity index (χ4n) is 7.32. The molecular formula is C48H100N2O4. The molecular weight excluding hydrogens is 669 g/mol. The third-order valence-electron chi connectivity index (χ3n) is 10.6. The lowest BCUT2D eigenvalue weighted by atomic mass is 9.89. The molecule has 326 valence electrons. The molecule has 0 radical (unpaired) electrons. The molecule has 0 aromatic heterocycles. The van der Waals surface area contributed by atoms with Gasteiger partial charge in [-0.2, -0.15) is 0 Å². The lowest BCUT2D eigenvalue weighted by molar-refractivity contribution is -0.122. The molecule has 0 aromatic carbocycles. The van der Waals surface area contributed by atoms with Crippen LogP contribution in [0.5, 0.6) is 0 Å². The first kappa shape index (κ1) is 59.4. The number of carboxylic acid groups (broad SMARTS) is 1. The van der Waals surface area contributed by atoms with Crippen LogP contribution in [0.4, 0.5) is 0 Å². The summed E-state index contributed by atoms with van der Waals surface area (Å²) in [7, 11) is 1.50. The molecule has 0 aliphatic heterocycles. The quantitative estimate of drug-likeness (QED) is 0.0214. The van der Waals surface area contributed by atoms with E-state index in [2.05, 4.69) is 43.7 Å². The summed E-state index contributed by atoms with van der Waals surface area (Å²) >= 11 is 0. The minimum absolute atomic E-state index is 0.250. The fraction of sp³-hybridized carbons (Fsp3) is 0.917. The van der Waals surface area contributed by atoms with Crippen LogP contribution in [0.15, 0.2) is 18.6 Å². The Kier molecular flexibility index (Phi) is 67.0. The molecule has 0 aromatic rings. The van der Waals surface area contributed by atoms with Crippen molar-refractivity contribution in [3.8, 4) is 0 Å². The van der Waals surface area contributed by atoms with Gasteiger partial charge in [0, 0.05) is 13.2 Å². The highest BCUT2D eigenvalue weighted by atomic mass is 16.3. The van der Waals surface area contributed by atoms with Gasteiger partial charge in [0.1, 0.15) is 6.26 Å². The van der Waals surface area contributed by atoms with Gasteiger partial charge < -0.3 is 26.0 Å². The number of unbranched alkanes of at least 4 members (excludes halogenated alkanes) is 27. The molecule has 0 atom stereocenters. The topological polar surface area (TPSA) is 107 Å². The Hall–Kier alpha value is -1.33. The minimum atomic E-state index is -0.250. The molecule has 0 bridgehead atoms. The summed E-state index contributed by atoms with van der Waals surface area (Å²) in [6, 6.07) is 0. The van der Waals surface area contributed by atoms with Crippen molar-refractivity contribution in [1.82, 2.24) is 4.90 Å². The standard InChI is InChI=1S/C43H89NO.C3H4O.CH5N.CH2O2/c1-4-7-10-13-16-17-18-19-20-21-22-23-28-33-39-44(41-35-42-45)40-34-29-24-27-32-38-43(36-30-25-14-11-8-5-2)37-31-26-15-12-9-6-3;1-2-3-4;1-2;2-1-3/h43,45H,4-42H2,1-3H3;3-4H,1H2;2H2,1H3;1H,(H,2,3). The molecule has 0 fully saturated rings. The van der Waals surface area contributed by atoms with Gasteiger partial charge in [-0.15, -0.1) is 0 Å². The third-order valence-corrected chi connectivity index (χ3v) is 10.6. The zero-order valence-corrected chi connectivity index (χ0v) is 37.3. The van der Waals surface area contributed by atoms with Crippen molar-refractivity contribution in [2.24, 2.45) is 11.7 Å². The first-order valence-electron chi connectivity index (χ1n) is 23.6. The van der Waals surface area contributed by atoms with E-state index in [4.69, 9.17) is 15.0 Å². The summed E-state index contributed by atoms with van der Waals surface area (Å²) in [4.78, 5) is 11.0. The Bertz CT molecular complexity index is 655. The van der Waals surface area contributed by atoms with E-state index in [0.29, 0.717) is 6.61 Å². The Morgan fingerprint density at radius 1 is 0.481 bits per heavy atom. The second-order valence-electron chi connectivity index (χ2n) is 15.5. The summed E-state index contributed by atoms with van der Waals surface area (Å²) < 4.78 is 0. The van der Waals surface area contributed by atoms with Crippen molar-refractivity contribution in [3.63, 3.8) is 0 Å². The molecule has 0 aliphatic rings. The summed E-state index contributed by atoms with van der Waals surface area (Å²) in [6.45, 7) is 13.7. The van der Waals surface area contributed by atoms with Crippen molar-refractivity contribution in [2.75, 3.05) is 33.3 Å². The molecule has 0 rings (SSSR count). The zero-order valence-electron chi connectivity index (χ0n) is 37.3. The van der Waals surface area contributed by atoms with Gasteiger partial charge >= 0.3 is 0 Å². The predicted octanol–water partition coefficient (Wildman–Crippen LogP) is 14.7. The van der Waals surface area contributed by atoms with Gasteiger partial charge in [0.25, 0.3) is 6.47 Å². The van der Waals surface area contributed by atoms with Crippen LogP contribution in [0.2, 0.25) is 0 Å². The van der Waals surface area contributed by atoms with Crippen molar-refractivity contribution < 1.29 is 20.1 Å². The van der Waals surface area contributed by atoms with E-state index in [1.807, 2.05) is 0 Å². The van der Waals surface area contributed by atoms with E-state index < -0.39 is 0 Å². The lowest BCUT2D eigenvalue weighted by Gasteiger charge is -2.22. The highest BCUT2D eigenvalue weighted by Crippen LogP contribution is 2.25. The van der Waals surface area contributed by atoms with E-state index in [9.17, 15) is 5.11 Å². The van der Waals surface area contributed by atoms with Gasteiger partial charge in [-0.05, 0) is 45.3 Å². The molecule has 6 nitrogen and oxygen atoms in total. The van der Waals surface area contributed by atoms with Crippen molar-refractivity contribution >= 4 is 6.47 Å². The summed E-state index contributed by atoms with van der Waals surface area (Å²) in [6.07, 6.45) is 50.7. The molecule has 5 N–H and O–H groups in total. The molecule has 0 saturated carbocycles. The molecule has 0 unspecified atom stereocenters. The molecule has 0 spiro atoms. The van der Waals surface area contributed by atoms with E-state index >= 15 is 0 Å². The molecule has 6 heteroatoms. The van der Waals surface area contributed by atoms with Crippen molar-refractivity contribution in [3.05, 3.63) is 18.6 Å². The highest BCUT2D eigenvalue weighted by molar-refractivity contribution is 5.32. The van der Waals surface area contributed by atoms with Crippen LogP contribution in [0.25, 0.3) is 0 Å². The Balaban J connectivity index is -0.00000125. The molecule has 0 heterocycles. The van der Waals surface area contributed by atoms with E-state index in [1.54, 1.807) is 0 Å². The predicted molar refractivity (Wildman–Crippen MR) is 241 cm³/mol. The summed E-state index contributed by atoms with van der Waals surface area (Å²) in [5.74, 6) is 1.00. The van der Waals surface area contributed by atoms with Crippen LogP contribution < -0.4 is 5.73 Å². The third kappa shape index (κ3) is 59.9. The fourth-order valence-corrected chi connectivity index (χ4v) is 7.32. The average molecular weight is 769 g/mol. The lowest BCUT2D eigenvalue weighted by Crippen LogP contribution is -2.27. The van der Waals surface area contributed by atoms with Gasteiger partial charge in [0.05, 0.1) is 0 Å². The molecule has 0 amide bonds. The first-order valence-corrected chi connectivity index (χ1v) is 23.6. The minimum Gasteiger partial charge on any atom is -0.507 e. The van der Waals surface area contributed by atoms with Crippen LogP contribution in [-0.2, 0) is 4.79 Å². The number of carbonyl (C=O) groups is 1. The number of aliphatic hydroxyl groups is 2. The van der Waals surface area contributed by atoms with Gasteiger partial charge in [-0.3, -0.25) is 4.79 Å². The number of nitrogens with two attached hydrogens (primary N) is 1. The number of rotatable bonds is 40. The Morgan fingerprint density at radius 2 is 0.704 bits per heavy atom. The van der Waals surface area contributed by atoms with Gasteiger partial charge in [0.15, 0.2) is 0 Å². The van der Waals surface area contributed by atoms with E-state index in [1.165, 1.54) is 238 Å². The van der Waals surface area contributed by atoms with Crippen LogP contribution in [0.1, 0.15) is 245 Å². The van der Waals surface area contributed by atoms with E-state index in [-0.39, 0.29) is 6.47 Å². The second-order valence-corrected chi connectivity index (χ2v) is 15.5. The average Bonchev–Trinajstić information content (AvgIpc) is 3.19. The normalized spacial score (nSPS) is 10.5. The van der Waals surface area contributed by atoms with Crippen LogP contribution in [-0.4, -0.2) is 60.0 Å². The maximum atomic E-state index is 9.40. The smallest absolute Gasteiger partial charge is 0.290 e.